The van der Waals surface area contributed by atoms with Crippen molar-refractivity contribution in [3.8, 4) is 0 Å². The summed E-state index contributed by atoms with van der Waals surface area (Å²) < 4.78 is 10.8. The van der Waals surface area contributed by atoms with E-state index in [0.717, 1.165) is 24.8 Å². The molecule has 0 aliphatic heterocycles. The molecule has 0 aromatic rings. The Bertz CT molecular complexity index is 891. The van der Waals surface area contributed by atoms with Gasteiger partial charge in [0.15, 0.2) is 12.4 Å². The maximum absolute atomic E-state index is 13.1. The lowest BCUT2D eigenvalue weighted by Crippen LogP contribution is -2.62. The van der Waals surface area contributed by atoms with E-state index in [0.29, 0.717) is 25.7 Å². The highest BCUT2D eigenvalue weighted by Crippen LogP contribution is 2.68. The average molecular weight is 447 g/mol. The van der Waals surface area contributed by atoms with E-state index in [9.17, 15) is 24.3 Å². The van der Waals surface area contributed by atoms with Crippen LogP contribution >= 0.6 is 0 Å². The average Bonchev–Trinajstić information content (AvgIpc) is 2.97. The number of allylic oxidation sites excluding steroid dienone is 1. The molecule has 3 unspecified atom stereocenters. The molecule has 4 aliphatic rings. The summed E-state index contributed by atoms with van der Waals surface area (Å²) in [6.07, 6.45) is 5.59. The molecule has 0 bridgehead atoms. The van der Waals surface area contributed by atoms with Gasteiger partial charge in [0.25, 0.3) is 0 Å². The summed E-state index contributed by atoms with van der Waals surface area (Å²) in [5, 5.41) is 11.7. The first kappa shape index (κ1) is 23.1. The van der Waals surface area contributed by atoms with Crippen molar-refractivity contribution in [3.63, 3.8) is 0 Å². The Morgan fingerprint density at radius 3 is 2.47 bits per heavy atom. The molecule has 1 N–H and O–H groups in total. The minimum Gasteiger partial charge on any atom is -0.462 e. The van der Waals surface area contributed by atoms with Crippen molar-refractivity contribution >= 4 is 23.5 Å². The van der Waals surface area contributed by atoms with Gasteiger partial charge in [-0.05, 0) is 61.9 Å². The summed E-state index contributed by atoms with van der Waals surface area (Å²) in [6, 6.07) is 0. The third-order valence-electron chi connectivity index (χ3n) is 9.21. The summed E-state index contributed by atoms with van der Waals surface area (Å²) >= 11 is 0. The van der Waals surface area contributed by atoms with Crippen LogP contribution in [0, 0.1) is 28.6 Å². The normalized spacial score (nSPS) is 42.8. The van der Waals surface area contributed by atoms with Crippen molar-refractivity contribution in [1.82, 2.24) is 0 Å². The number of ether oxygens (including phenoxy) is 2. The van der Waals surface area contributed by atoms with Gasteiger partial charge in [-0.25, -0.2) is 0 Å². The molecular formula is C25H34O7. The zero-order valence-electron chi connectivity index (χ0n) is 19.4. The molecule has 176 valence electrons. The van der Waals surface area contributed by atoms with E-state index in [1.165, 1.54) is 13.8 Å². The molecule has 0 aromatic carbocycles. The number of hydrogen-bond donors (Lipinski definition) is 1. The largest absolute Gasteiger partial charge is 0.462 e. The van der Waals surface area contributed by atoms with Gasteiger partial charge in [0.1, 0.15) is 11.7 Å². The number of carbonyl (C=O) groups is 4. The van der Waals surface area contributed by atoms with Gasteiger partial charge in [-0.1, -0.05) is 19.4 Å². The van der Waals surface area contributed by atoms with E-state index >= 15 is 0 Å². The van der Waals surface area contributed by atoms with Crippen LogP contribution in [0.15, 0.2) is 11.6 Å². The second kappa shape index (κ2) is 7.79. The van der Waals surface area contributed by atoms with Gasteiger partial charge in [0.2, 0.25) is 5.78 Å². The molecule has 0 amide bonds. The fourth-order valence-electron chi connectivity index (χ4n) is 7.72. The van der Waals surface area contributed by atoms with Crippen LogP contribution in [0.2, 0.25) is 0 Å². The maximum Gasteiger partial charge on any atom is 0.303 e. The van der Waals surface area contributed by atoms with Gasteiger partial charge in [-0.2, -0.15) is 0 Å². The molecule has 0 saturated heterocycles. The van der Waals surface area contributed by atoms with Crippen molar-refractivity contribution in [1.29, 1.82) is 0 Å². The lowest BCUT2D eigenvalue weighted by atomic mass is 9.45. The lowest BCUT2D eigenvalue weighted by molar-refractivity contribution is -0.196. The number of fused-ring (bicyclic) bond motifs is 5. The Morgan fingerprint density at radius 1 is 1.09 bits per heavy atom. The van der Waals surface area contributed by atoms with Crippen LogP contribution in [0.4, 0.5) is 0 Å². The lowest BCUT2D eigenvalue weighted by Gasteiger charge is -2.60. The van der Waals surface area contributed by atoms with Crippen LogP contribution in [-0.4, -0.2) is 46.9 Å². The summed E-state index contributed by atoms with van der Waals surface area (Å²) in [4.78, 5) is 48.5. The second-order valence-electron chi connectivity index (χ2n) is 10.8. The van der Waals surface area contributed by atoms with E-state index in [-0.39, 0.29) is 34.9 Å². The second-order valence-corrected chi connectivity index (χ2v) is 10.8. The molecule has 0 heterocycles. The third-order valence-corrected chi connectivity index (χ3v) is 9.21. The first-order valence-corrected chi connectivity index (χ1v) is 11.7. The highest BCUT2D eigenvalue weighted by atomic mass is 16.5. The van der Waals surface area contributed by atoms with Gasteiger partial charge in [-0.15, -0.1) is 0 Å². The highest BCUT2D eigenvalue weighted by molar-refractivity contribution is 5.92. The van der Waals surface area contributed by atoms with E-state index in [4.69, 9.17) is 9.47 Å². The van der Waals surface area contributed by atoms with Gasteiger partial charge in [-0.3, -0.25) is 19.2 Å². The number of carbonyl (C=O) groups excluding carboxylic acids is 4. The molecule has 3 fully saturated rings. The number of Topliss-reactive ketones (excluding diaryl/α,β-unsaturated/α-hetero) is 1. The smallest absolute Gasteiger partial charge is 0.303 e. The zero-order chi connectivity index (χ0) is 23.5. The minimum atomic E-state index is -1.63. The maximum atomic E-state index is 13.1. The molecule has 4 aliphatic carbocycles. The van der Waals surface area contributed by atoms with Crippen molar-refractivity contribution in [2.75, 3.05) is 6.61 Å². The predicted molar refractivity (Wildman–Crippen MR) is 114 cm³/mol. The first-order chi connectivity index (χ1) is 14.9. The number of ketones is 2. The van der Waals surface area contributed by atoms with Crippen LogP contribution in [0.1, 0.15) is 72.6 Å². The Labute approximate surface area is 188 Å². The van der Waals surface area contributed by atoms with Crippen LogP contribution < -0.4 is 0 Å². The SMILES string of the molecule is CC(=O)OCC(=O)[C@@]1(O)CCC2C3CCC4=CC(=O)CC[C@]4(C)C3[C@H](OC(C)=O)C[C@@]21C. The summed E-state index contributed by atoms with van der Waals surface area (Å²) in [6.45, 7) is 6.30. The molecule has 3 saturated carbocycles. The van der Waals surface area contributed by atoms with Gasteiger partial charge in [0, 0.05) is 31.6 Å². The van der Waals surface area contributed by atoms with Crippen molar-refractivity contribution < 1.29 is 33.8 Å². The number of aliphatic hydroxyl groups is 1. The topological polar surface area (TPSA) is 107 Å². The van der Waals surface area contributed by atoms with E-state index in [1.54, 1.807) is 6.08 Å². The standard InChI is InChI=1S/C25H34O7/c1-14(26)31-13-21(29)25(30)10-8-19-18-6-5-16-11-17(28)7-9-23(16,3)22(18)20(32-15(2)27)12-24(19,25)4/h11,18-20,22,30H,5-10,12-13H2,1-4H3/t18?,19?,20-,22?,23+,24+,25+/m1/s1. The molecule has 32 heavy (non-hydrogen) atoms. The quantitative estimate of drug-likeness (QED) is 0.662. The van der Waals surface area contributed by atoms with Crippen molar-refractivity contribution in [2.45, 2.75) is 84.3 Å². The monoisotopic (exact) mass is 446 g/mol. The fraction of sp³-hybridized carbons (Fsp3) is 0.760. The molecule has 7 atom stereocenters. The minimum absolute atomic E-state index is 0.0449. The van der Waals surface area contributed by atoms with Crippen molar-refractivity contribution in [3.05, 3.63) is 11.6 Å². The van der Waals surface area contributed by atoms with Crippen LogP contribution in [0.3, 0.4) is 0 Å². The van der Waals surface area contributed by atoms with E-state index in [1.807, 2.05) is 6.92 Å². The molecule has 0 aromatic heterocycles. The Kier molecular flexibility index (Phi) is 5.63. The highest BCUT2D eigenvalue weighted by Gasteiger charge is 2.69. The summed E-state index contributed by atoms with van der Waals surface area (Å²) in [5.74, 6) is -0.964. The Morgan fingerprint density at radius 2 is 1.81 bits per heavy atom. The van der Waals surface area contributed by atoms with E-state index in [2.05, 4.69) is 6.92 Å². The molecule has 0 spiro atoms. The number of rotatable bonds is 4. The molecule has 7 nitrogen and oxygen atoms in total. The van der Waals surface area contributed by atoms with Crippen LogP contribution in [-0.2, 0) is 28.7 Å². The molecule has 0 radical (unpaired) electrons. The number of esters is 2. The zero-order valence-corrected chi connectivity index (χ0v) is 19.4. The fourth-order valence-corrected chi connectivity index (χ4v) is 7.72. The van der Waals surface area contributed by atoms with E-state index < -0.39 is 35.5 Å². The predicted octanol–water partition coefficient (Wildman–Crippen LogP) is 2.92. The van der Waals surface area contributed by atoms with Crippen LogP contribution in [0.25, 0.3) is 0 Å². The van der Waals surface area contributed by atoms with Gasteiger partial charge in [0.05, 0.1) is 0 Å². The Balaban J connectivity index is 1.73. The number of hydrogen-bond acceptors (Lipinski definition) is 7. The molecular weight excluding hydrogens is 412 g/mol. The first-order valence-electron chi connectivity index (χ1n) is 11.7. The van der Waals surface area contributed by atoms with Crippen molar-refractivity contribution in [2.24, 2.45) is 28.6 Å². The molecule has 7 heteroatoms. The Hall–Kier alpha value is -2.02. The van der Waals surface area contributed by atoms with Gasteiger partial charge < -0.3 is 14.6 Å². The van der Waals surface area contributed by atoms with Gasteiger partial charge >= 0.3 is 11.9 Å². The molecule has 4 rings (SSSR count). The van der Waals surface area contributed by atoms with Crippen LogP contribution in [0.5, 0.6) is 0 Å². The summed E-state index contributed by atoms with van der Waals surface area (Å²) in [5.41, 5.74) is -1.50. The third kappa shape index (κ3) is 3.35. The summed E-state index contributed by atoms with van der Waals surface area (Å²) in [7, 11) is 0.